The van der Waals surface area contributed by atoms with Crippen molar-refractivity contribution in [2.24, 2.45) is 0 Å². The normalized spacial score (nSPS) is 17.6. The molecule has 1 saturated heterocycles. The van der Waals surface area contributed by atoms with E-state index in [4.69, 9.17) is 18.9 Å². The molecule has 2 aliphatic rings. The van der Waals surface area contributed by atoms with Gasteiger partial charge >= 0.3 is 12.1 Å². The lowest BCUT2D eigenvalue weighted by atomic mass is 9.73. The summed E-state index contributed by atoms with van der Waals surface area (Å²) in [4.78, 5) is 26.7. The van der Waals surface area contributed by atoms with Crippen LogP contribution in [0.2, 0.25) is 6.82 Å². The van der Waals surface area contributed by atoms with Gasteiger partial charge in [0, 0.05) is 12.0 Å². The van der Waals surface area contributed by atoms with Gasteiger partial charge in [-0.15, -0.1) is 0 Å². The van der Waals surface area contributed by atoms with E-state index >= 15 is 0 Å². The Balaban J connectivity index is 1.45. The Kier molecular flexibility index (Phi) is 7.08. The minimum absolute atomic E-state index is 0.121. The molecule has 3 aromatic rings. The van der Waals surface area contributed by atoms with Crippen LogP contribution in [0.5, 0.6) is 17.2 Å². The second-order valence-corrected chi connectivity index (χ2v) is 9.26. The quantitative estimate of drug-likeness (QED) is 0.323. The lowest BCUT2D eigenvalue weighted by Crippen LogP contribution is -2.28. The van der Waals surface area contributed by atoms with Crippen LogP contribution in [0.25, 0.3) is 0 Å². The third-order valence-electron chi connectivity index (χ3n) is 6.95. The molecule has 7 nitrogen and oxygen atoms in total. The number of benzene rings is 3. The van der Waals surface area contributed by atoms with E-state index in [2.05, 4.69) is 25.0 Å². The summed E-state index contributed by atoms with van der Waals surface area (Å²) in [7, 11) is 2.43. The highest BCUT2D eigenvalue weighted by molar-refractivity contribution is 6.51. The van der Waals surface area contributed by atoms with E-state index in [1.54, 1.807) is 31.1 Å². The van der Waals surface area contributed by atoms with Gasteiger partial charge in [0.05, 0.1) is 32.7 Å². The molecule has 1 heterocycles. The first-order chi connectivity index (χ1) is 18.0. The Labute approximate surface area is 217 Å². The number of methoxy groups -OCH3 is 1. The molecule has 0 N–H and O–H groups in total. The van der Waals surface area contributed by atoms with Crippen LogP contribution in [0.3, 0.4) is 0 Å². The Morgan fingerprint density at radius 2 is 1.89 bits per heavy atom. The molecule has 1 aliphatic heterocycles. The topological polar surface area (TPSA) is 74.3 Å². The molecule has 1 fully saturated rings. The Morgan fingerprint density at radius 3 is 2.68 bits per heavy atom. The average Bonchev–Trinajstić information content (AvgIpc) is 3.40. The first-order valence-electron chi connectivity index (χ1n) is 12.7. The number of carbonyl (C=O) groups excluding carboxylic acids is 2. The number of ether oxygens (including phenoxy) is 4. The van der Waals surface area contributed by atoms with Gasteiger partial charge in [-0.25, -0.2) is 4.79 Å². The van der Waals surface area contributed by atoms with Crippen molar-refractivity contribution in [3.05, 3.63) is 82.9 Å². The highest BCUT2D eigenvalue weighted by atomic mass is 16.6. The Hall–Kier alpha value is -3.94. The number of esters is 1. The largest absolute Gasteiger partial charge is 0.493 e. The van der Waals surface area contributed by atoms with Gasteiger partial charge in [-0.2, -0.15) is 0 Å². The number of nitrogens with zero attached hydrogens (tertiary/aromatic N) is 1. The number of amides is 1. The van der Waals surface area contributed by atoms with Crippen LogP contribution in [0.4, 0.5) is 4.79 Å². The maximum Gasteiger partial charge on any atom is 0.411 e. The van der Waals surface area contributed by atoms with E-state index < -0.39 is 0 Å². The smallest absolute Gasteiger partial charge is 0.411 e. The van der Waals surface area contributed by atoms with Crippen LogP contribution in [0, 0.1) is 0 Å². The van der Waals surface area contributed by atoms with Crippen molar-refractivity contribution >= 4 is 24.8 Å². The number of carbonyl (C=O) groups is 2. The summed E-state index contributed by atoms with van der Waals surface area (Å²) in [5.41, 5.74) is 5.13. The summed E-state index contributed by atoms with van der Waals surface area (Å²) in [5.74, 6) is 1.35. The van der Waals surface area contributed by atoms with Crippen LogP contribution in [0.15, 0.2) is 60.7 Å². The Bertz CT molecular complexity index is 1330. The summed E-state index contributed by atoms with van der Waals surface area (Å²) < 4.78 is 22.8. The van der Waals surface area contributed by atoms with E-state index in [0.29, 0.717) is 30.4 Å². The zero-order valence-electron chi connectivity index (χ0n) is 21.4. The van der Waals surface area contributed by atoms with E-state index in [0.717, 1.165) is 35.9 Å². The molecule has 0 unspecified atom stereocenters. The van der Waals surface area contributed by atoms with Gasteiger partial charge in [-0.05, 0) is 41.8 Å². The maximum atomic E-state index is 12.9. The third kappa shape index (κ3) is 5.01. The molecule has 1 aliphatic carbocycles. The molecule has 2 atom stereocenters. The molecule has 0 saturated carbocycles. The van der Waals surface area contributed by atoms with Gasteiger partial charge < -0.3 is 18.9 Å². The third-order valence-corrected chi connectivity index (χ3v) is 6.95. The molecule has 5 rings (SSSR count). The minimum Gasteiger partial charge on any atom is -0.493 e. The fourth-order valence-corrected chi connectivity index (χ4v) is 5.15. The van der Waals surface area contributed by atoms with Crippen LogP contribution in [-0.2, 0) is 33.7 Å². The van der Waals surface area contributed by atoms with Crippen molar-refractivity contribution in [1.82, 2.24) is 4.90 Å². The highest BCUT2D eigenvalue weighted by Gasteiger charge is 2.47. The predicted molar refractivity (Wildman–Crippen MR) is 141 cm³/mol. The van der Waals surface area contributed by atoms with Crippen molar-refractivity contribution in [3.8, 4) is 17.2 Å². The van der Waals surface area contributed by atoms with Gasteiger partial charge in [0.2, 0.25) is 0 Å². The first kappa shape index (κ1) is 24.7. The van der Waals surface area contributed by atoms with E-state index in [1.165, 1.54) is 5.56 Å². The first-order valence-corrected chi connectivity index (χ1v) is 12.7. The molecule has 1 amide bonds. The second-order valence-electron chi connectivity index (χ2n) is 9.26. The second kappa shape index (κ2) is 10.6. The van der Waals surface area contributed by atoms with Gasteiger partial charge in [0.15, 0.2) is 18.8 Å². The average molecular weight is 499 g/mol. The predicted octanol–water partition coefficient (Wildman–Crippen LogP) is 4.32. The Morgan fingerprint density at radius 1 is 1.08 bits per heavy atom. The lowest BCUT2D eigenvalue weighted by Gasteiger charge is -2.23. The number of hydrogen-bond donors (Lipinski definition) is 0. The van der Waals surface area contributed by atoms with Crippen molar-refractivity contribution in [2.45, 2.75) is 45.3 Å². The van der Waals surface area contributed by atoms with Gasteiger partial charge in [0.25, 0.3) is 0 Å². The van der Waals surface area contributed by atoms with E-state index in [1.807, 2.05) is 30.3 Å². The van der Waals surface area contributed by atoms with Crippen molar-refractivity contribution < 1.29 is 28.5 Å². The fraction of sp³-hybridized carbons (Fsp3) is 0.310. The zero-order valence-corrected chi connectivity index (χ0v) is 21.4. The molecule has 190 valence electrons. The summed E-state index contributed by atoms with van der Waals surface area (Å²) in [6.07, 6.45) is 0.374. The van der Waals surface area contributed by atoms with Crippen molar-refractivity contribution in [2.75, 3.05) is 13.7 Å². The standard InChI is InChI=1S/C29H30BNO6/c1-4-35-27(32)14-18-9-11-24(34-3)25(13-18)36-23-12-10-21(30-2)15-20(23)17-31-28-22-8-6-5-7-19(22)16-26(28)37-29(31)33/h5-13,15,26,28,30H,4,14,16-17H2,1-3H3/t26-,28+/m0/s1. The number of hydrogen-bond acceptors (Lipinski definition) is 6. The van der Waals surface area contributed by atoms with Crippen LogP contribution >= 0.6 is 0 Å². The molecule has 0 spiro atoms. The van der Waals surface area contributed by atoms with E-state index in [-0.39, 0.29) is 30.6 Å². The van der Waals surface area contributed by atoms with Crippen molar-refractivity contribution in [3.63, 3.8) is 0 Å². The molecule has 0 radical (unpaired) electrons. The molecular weight excluding hydrogens is 469 g/mol. The molecule has 0 bridgehead atoms. The number of fused-ring (bicyclic) bond motifs is 3. The van der Waals surface area contributed by atoms with Crippen LogP contribution in [0.1, 0.15) is 35.2 Å². The molecule has 37 heavy (non-hydrogen) atoms. The van der Waals surface area contributed by atoms with Gasteiger partial charge in [-0.1, -0.05) is 54.8 Å². The molecule has 8 heteroatoms. The van der Waals surface area contributed by atoms with E-state index in [9.17, 15) is 9.59 Å². The summed E-state index contributed by atoms with van der Waals surface area (Å²) in [5, 5.41) is 0. The van der Waals surface area contributed by atoms with Gasteiger partial charge in [0.1, 0.15) is 11.9 Å². The molecule has 3 aromatic carbocycles. The zero-order chi connectivity index (χ0) is 25.9. The monoisotopic (exact) mass is 499 g/mol. The summed E-state index contributed by atoms with van der Waals surface area (Å²) in [6.45, 7) is 4.55. The molecular formula is C29H30BNO6. The SMILES string of the molecule is CBc1ccc(Oc2cc(CC(=O)OCC)ccc2OC)c(CN2C(=O)O[C@H]3Cc4ccccc4[C@H]32)c1. The maximum absolute atomic E-state index is 12.9. The lowest BCUT2D eigenvalue weighted by molar-refractivity contribution is -0.142. The molecule has 0 aromatic heterocycles. The summed E-state index contributed by atoms with van der Waals surface area (Å²) in [6, 6.07) is 19.5. The van der Waals surface area contributed by atoms with Crippen LogP contribution in [-0.4, -0.2) is 44.1 Å². The van der Waals surface area contributed by atoms with Crippen LogP contribution < -0.4 is 14.9 Å². The minimum atomic E-state index is -0.314. The highest BCUT2D eigenvalue weighted by Crippen LogP contribution is 2.44. The fourth-order valence-electron chi connectivity index (χ4n) is 5.15. The van der Waals surface area contributed by atoms with Gasteiger partial charge in [-0.3, -0.25) is 9.69 Å². The number of rotatable bonds is 9. The summed E-state index contributed by atoms with van der Waals surface area (Å²) >= 11 is 0. The van der Waals surface area contributed by atoms with Crippen molar-refractivity contribution in [1.29, 1.82) is 0 Å².